The molecule has 1 fully saturated rings. The zero-order chi connectivity index (χ0) is 14.2. The highest BCUT2D eigenvalue weighted by Crippen LogP contribution is 2.39. The van der Waals surface area contributed by atoms with Gasteiger partial charge in [0, 0.05) is 16.7 Å². The van der Waals surface area contributed by atoms with Crippen molar-refractivity contribution in [3.8, 4) is 0 Å². The lowest BCUT2D eigenvalue weighted by molar-refractivity contribution is -0.0771. The van der Waals surface area contributed by atoms with Crippen molar-refractivity contribution >= 4 is 22.6 Å². The maximum Gasteiger partial charge on any atom is 0.330 e. The van der Waals surface area contributed by atoms with Gasteiger partial charge in [-0.3, -0.25) is 14.3 Å². The summed E-state index contributed by atoms with van der Waals surface area (Å²) >= 11 is 2.01. The molecule has 7 nitrogen and oxygen atoms in total. The number of aromatic nitrogens is 2. The van der Waals surface area contributed by atoms with Crippen molar-refractivity contribution in [2.24, 2.45) is 0 Å². The van der Waals surface area contributed by atoms with E-state index in [-0.39, 0.29) is 0 Å². The molecule has 1 aromatic heterocycles. The molecule has 3 N–H and O–H groups in total. The fourth-order valence-corrected chi connectivity index (χ4v) is 2.72. The van der Waals surface area contributed by atoms with Crippen LogP contribution in [-0.2, 0) is 4.74 Å². The molecular formula is C11H13IN2O5. The van der Waals surface area contributed by atoms with Gasteiger partial charge in [0.2, 0.25) is 0 Å². The summed E-state index contributed by atoms with van der Waals surface area (Å²) in [5.74, 6) is 0. The molecule has 0 spiro atoms. The third-order valence-electron chi connectivity index (χ3n) is 3.11. The lowest BCUT2D eigenvalue weighted by atomic mass is 9.94. The molecule has 0 amide bonds. The average Bonchev–Trinajstić information content (AvgIpc) is 2.63. The number of hydrogen-bond donors (Lipinski definition) is 3. The highest BCUT2D eigenvalue weighted by Gasteiger charge is 2.54. The molecule has 8 heteroatoms. The fourth-order valence-electron chi connectivity index (χ4n) is 2.04. The molecule has 0 unspecified atom stereocenters. The van der Waals surface area contributed by atoms with Gasteiger partial charge >= 0.3 is 5.69 Å². The van der Waals surface area contributed by atoms with Gasteiger partial charge in [-0.2, -0.15) is 0 Å². The lowest BCUT2D eigenvalue weighted by Crippen LogP contribution is -2.47. The van der Waals surface area contributed by atoms with E-state index >= 15 is 0 Å². The van der Waals surface area contributed by atoms with Gasteiger partial charge in [0.1, 0.15) is 6.10 Å². The number of aliphatic hydroxyl groups is 2. The van der Waals surface area contributed by atoms with E-state index in [2.05, 4.69) is 11.6 Å². The largest absolute Gasteiger partial charge is 0.387 e. The van der Waals surface area contributed by atoms with Crippen LogP contribution in [0, 0.1) is 0 Å². The van der Waals surface area contributed by atoms with E-state index < -0.39 is 35.3 Å². The molecule has 2 rings (SSSR count). The lowest BCUT2D eigenvalue weighted by Gasteiger charge is -2.28. The summed E-state index contributed by atoms with van der Waals surface area (Å²) in [4.78, 5) is 24.8. The molecule has 0 bridgehead atoms. The van der Waals surface area contributed by atoms with Crippen LogP contribution >= 0.6 is 22.6 Å². The van der Waals surface area contributed by atoms with E-state index in [4.69, 9.17) is 4.74 Å². The molecule has 0 aliphatic carbocycles. The summed E-state index contributed by atoms with van der Waals surface area (Å²) in [5, 5.41) is 20.5. The first-order valence-corrected chi connectivity index (χ1v) is 7.03. The molecule has 1 saturated heterocycles. The molecule has 0 aromatic carbocycles. The highest BCUT2D eigenvalue weighted by atomic mass is 127. The minimum atomic E-state index is -1.79. The number of rotatable bonds is 3. The normalized spacial score (nSPS) is 34.4. The van der Waals surface area contributed by atoms with Gasteiger partial charge in [0.25, 0.3) is 5.56 Å². The van der Waals surface area contributed by atoms with Gasteiger partial charge in [0.15, 0.2) is 11.8 Å². The number of halogens is 1. The zero-order valence-corrected chi connectivity index (χ0v) is 12.0. The van der Waals surface area contributed by atoms with Crippen molar-refractivity contribution in [2.75, 3.05) is 4.43 Å². The number of hydrogen-bond acceptors (Lipinski definition) is 5. The fraction of sp³-hybridized carbons (Fsp3) is 0.455. The molecule has 1 aromatic rings. The van der Waals surface area contributed by atoms with Crippen LogP contribution in [0.1, 0.15) is 6.23 Å². The first kappa shape index (κ1) is 14.4. The van der Waals surface area contributed by atoms with Crippen molar-refractivity contribution in [1.29, 1.82) is 0 Å². The minimum Gasteiger partial charge on any atom is -0.387 e. The third-order valence-corrected chi connectivity index (χ3v) is 3.98. The van der Waals surface area contributed by atoms with Crippen LogP contribution in [0.2, 0.25) is 0 Å². The van der Waals surface area contributed by atoms with Crippen LogP contribution in [0.3, 0.4) is 0 Å². The van der Waals surface area contributed by atoms with Crippen LogP contribution in [-0.4, -0.2) is 42.0 Å². The van der Waals surface area contributed by atoms with Crippen molar-refractivity contribution < 1.29 is 14.9 Å². The van der Waals surface area contributed by atoms with Crippen LogP contribution in [0.25, 0.3) is 0 Å². The number of nitrogens with one attached hydrogen (secondary N) is 1. The Bertz CT molecular complexity index is 597. The molecule has 0 radical (unpaired) electrons. The van der Waals surface area contributed by atoms with Gasteiger partial charge in [-0.1, -0.05) is 35.2 Å². The zero-order valence-electron chi connectivity index (χ0n) is 9.82. The first-order valence-electron chi connectivity index (χ1n) is 5.51. The van der Waals surface area contributed by atoms with Gasteiger partial charge in [-0.05, 0) is 0 Å². The summed E-state index contributed by atoms with van der Waals surface area (Å²) in [7, 11) is 0. The Labute approximate surface area is 121 Å². The van der Waals surface area contributed by atoms with E-state index in [0.29, 0.717) is 4.43 Å². The quantitative estimate of drug-likeness (QED) is 0.360. The van der Waals surface area contributed by atoms with Gasteiger partial charge in [-0.15, -0.1) is 0 Å². The van der Waals surface area contributed by atoms with Crippen LogP contribution in [0.4, 0.5) is 0 Å². The maximum atomic E-state index is 11.7. The van der Waals surface area contributed by atoms with Crippen LogP contribution < -0.4 is 11.2 Å². The number of aromatic amines is 1. The van der Waals surface area contributed by atoms with Crippen molar-refractivity contribution in [3.63, 3.8) is 0 Å². The predicted octanol–water partition coefficient (Wildman–Crippen LogP) is -0.853. The Morgan fingerprint density at radius 2 is 2.32 bits per heavy atom. The molecule has 4 atom stereocenters. The van der Waals surface area contributed by atoms with E-state index in [1.165, 1.54) is 6.20 Å². The number of H-pyrrole nitrogens is 1. The standard InChI is InChI=1S/C11H13IN2O5/c1-2-11(18)8(16)6(5-12)19-9(11)14-4-3-7(15)13-10(14)17/h2-4,6,8-9,16,18H,1,5H2,(H,13,15,17)/t6-,8-,9-,11-/m1/s1. The molecule has 0 saturated carbocycles. The molecule has 19 heavy (non-hydrogen) atoms. The summed E-state index contributed by atoms with van der Waals surface area (Å²) in [6.45, 7) is 3.48. The Morgan fingerprint density at radius 3 is 2.84 bits per heavy atom. The van der Waals surface area contributed by atoms with E-state index in [9.17, 15) is 19.8 Å². The predicted molar refractivity (Wildman–Crippen MR) is 75.3 cm³/mol. The summed E-state index contributed by atoms with van der Waals surface area (Å²) in [6.07, 6.45) is -0.614. The number of ether oxygens (including phenoxy) is 1. The number of aliphatic hydroxyl groups excluding tert-OH is 1. The molecule has 2 heterocycles. The Hall–Kier alpha value is -0.970. The summed E-state index contributed by atoms with van der Waals surface area (Å²) in [6, 6.07) is 1.14. The molecule has 1 aliphatic heterocycles. The van der Waals surface area contributed by atoms with Gasteiger partial charge in [0.05, 0.1) is 6.10 Å². The topological polar surface area (TPSA) is 105 Å². The van der Waals surface area contributed by atoms with Crippen molar-refractivity contribution in [2.45, 2.75) is 24.0 Å². The second kappa shape index (κ2) is 5.19. The number of alkyl halides is 1. The third kappa shape index (κ3) is 2.29. The summed E-state index contributed by atoms with van der Waals surface area (Å²) in [5.41, 5.74) is -3.07. The Kier molecular flexibility index (Phi) is 3.95. The Balaban J connectivity index is 2.51. The van der Waals surface area contributed by atoms with E-state index in [1.807, 2.05) is 22.6 Å². The Morgan fingerprint density at radius 1 is 1.63 bits per heavy atom. The SMILES string of the molecule is C=C[C@@]1(O)[C@H](O)[C@@H](CI)O[C@H]1n1ccc(=O)[nH]c1=O. The first-order chi connectivity index (χ1) is 8.93. The summed E-state index contributed by atoms with van der Waals surface area (Å²) < 4.78 is 6.96. The van der Waals surface area contributed by atoms with Crippen molar-refractivity contribution in [3.05, 3.63) is 45.8 Å². The van der Waals surface area contributed by atoms with Gasteiger partial charge < -0.3 is 14.9 Å². The van der Waals surface area contributed by atoms with Crippen molar-refractivity contribution in [1.82, 2.24) is 9.55 Å². The van der Waals surface area contributed by atoms with Gasteiger partial charge in [-0.25, -0.2) is 4.79 Å². The van der Waals surface area contributed by atoms with Crippen LogP contribution in [0.15, 0.2) is 34.5 Å². The second-order valence-corrected chi connectivity index (χ2v) is 5.12. The maximum absolute atomic E-state index is 11.7. The second-order valence-electron chi connectivity index (χ2n) is 4.23. The van der Waals surface area contributed by atoms with E-state index in [0.717, 1.165) is 16.7 Å². The molecule has 1 aliphatic rings. The smallest absolute Gasteiger partial charge is 0.330 e. The minimum absolute atomic E-state index is 0.434. The van der Waals surface area contributed by atoms with Crippen LogP contribution in [0.5, 0.6) is 0 Å². The monoisotopic (exact) mass is 380 g/mol. The van der Waals surface area contributed by atoms with E-state index in [1.54, 1.807) is 0 Å². The average molecular weight is 380 g/mol. The molecule has 104 valence electrons. The highest BCUT2D eigenvalue weighted by molar-refractivity contribution is 14.1. The number of nitrogens with zero attached hydrogens (tertiary/aromatic N) is 1. The molecular weight excluding hydrogens is 367 g/mol.